The number of rotatable bonds is 4. The maximum atomic E-state index is 12.3. The lowest BCUT2D eigenvalue weighted by Crippen LogP contribution is -2.42. The largest absolute Gasteiger partial charge is 0.388 e. The summed E-state index contributed by atoms with van der Waals surface area (Å²) in [5, 5.41) is 31.7. The first-order valence-corrected chi connectivity index (χ1v) is 8.59. The van der Waals surface area contributed by atoms with Crippen molar-refractivity contribution in [1.29, 1.82) is 10.5 Å². The zero-order valence-electron chi connectivity index (χ0n) is 14.8. The average molecular weight is 340 g/mol. The molecule has 132 valence electrons. The van der Waals surface area contributed by atoms with Crippen LogP contribution in [0.4, 0.5) is 0 Å². The molecule has 0 saturated heterocycles. The molecular weight excluding hydrogens is 316 g/mol. The molecule has 0 bridgehead atoms. The highest BCUT2D eigenvalue weighted by atomic mass is 16.3. The van der Waals surface area contributed by atoms with Gasteiger partial charge in [0.15, 0.2) is 0 Å². The smallest absolute Gasteiger partial charge is 0.262 e. The lowest BCUT2D eigenvalue weighted by atomic mass is 9.94. The molecule has 1 heterocycles. The van der Waals surface area contributed by atoms with Gasteiger partial charge in [-0.05, 0) is 37.5 Å². The van der Waals surface area contributed by atoms with Crippen LogP contribution in [0.5, 0.6) is 0 Å². The van der Waals surface area contributed by atoms with Crippen LogP contribution in [0.3, 0.4) is 0 Å². The Morgan fingerprint density at radius 1 is 1.36 bits per heavy atom. The van der Waals surface area contributed by atoms with Crippen molar-refractivity contribution < 1.29 is 9.90 Å². The van der Waals surface area contributed by atoms with Gasteiger partial charge in [-0.25, -0.2) is 0 Å². The third kappa shape index (κ3) is 4.49. The molecule has 1 aromatic heterocycles. The Labute approximate surface area is 148 Å². The van der Waals surface area contributed by atoms with Crippen LogP contribution >= 0.6 is 0 Å². The van der Waals surface area contributed by atoms with E-state index < -0.39 is 11.5 Å². The number of carbonyl (C=O) groups is 1. The van der Waals surface area contributed by atoms with E-state index in [1.54, 1.807) is 17.7 Å². The first-order valence-electron chi connectivity index (χ1n) is 8.59. The van der Waals surface area contributed by atoms with Crippen molar-refractivity contribution in [3.05, 3.63) is 28.6 Å². The van der Waals surface area contributed by atoms with E-state index in [0.29, 0.717) is 24.1 Å². The van der Waals surface area contributed by atoms with Crippen molar-refractivity contribution in [1.82, 2.24) is 9.88 Å². The number of hydrogen-bond acceptors (Lipinski definition) is 4. The van der Waals surface area contributed by atoms with Gasteiger partial charge in [0.2, 0.25) is 0 Å². The van der Waals surface area contributed by atoms with Gasteiger partial charge in [-0.1, -0.05) is 25.7 Å². The normalized spacial score (nSPS) is 17.2. The Kier molecular flexibility index (Phi) is 6.01. The number of hydrogen-bond donors (Lipinski definition) is 2. The molecule has 1 aromatic rings. The van der Waals surface area contributed by atoms with Crippen molar-refractivity contribution in [3.63, 3.8) is 0 Å². The summed E-state index contributed by atoms with van der Waals surface area (Å²) in [5.74, 6) is -0.498. The third-order valence-electron chi connectivity index (χ3n) is 4.97. The van der Waals surface area contributed by atoms with Crippen molar-refractivity contribution >= 4 is 12.0 Å². The number of aliphatic hydroxyl groups is 1. The van der Waals surface area contributed by atoms with Gasteiger partial charge in [-0.15, -0.1) is 0 Å². The van der Waals surface area contributed by atoms with Crippen LogP contribution in [0.2, 0.25) is 0 Å². The van der Waals surface area contributed by atoms with Crippen LogP contribution in [-0.2, 0) is 11.8 Å². The van der Waals surface area contributed by atoms with E-state index in [1.807, 2.05) is 13.0 Å². The quantitative estimate of drug-likeness (QED) is 0.499. The molecule has 0 atom stereocenters. The van der Waals surface area contributed by atoms with E-state index in [1.165, 1.54) is 6.08 Å². The van der Waals surface area contributed by atoms with Gasteiger partial charge in [0.25, 0.3) is 5.91 Å². The molecule has 1 fully saturated rings. The number of amides is 1. The fourth-order valence-corrected chi connectivity index (χ4v) is 3.18. The minimum atomic E-state index is -0.886. The molecule has 0 radical (unpaired) electrons. The molecule has 1 saturated carbocycles. The Morgan fingerprint density at radius 3 is 2.52 bits per heavy atom. The number of aromatic nitrogens is 1. The van der Waals surface area contributed by atoms with Crippen LogP contribution in [0.1, 0.15) is 55.5 Å². The van der Waals surface area contributed by atoms with Crippen molar-refractivity contribution in [3.8, 4) is 12.1 Å². The molecular formula is C19H24N4O2. The molecule has 0 aromatic carbocycles. The summed E-state index contributed by atoms with van der Waals surface area (Å²) in [6.07, 6.45) is 6.94. The minimum Gasteiger partial charge on any atom is -0.388 e. The van der Waals surface area contributed by atoms with Gasteiger partial charge in [0, 0.05) is 19.3 Å². The lowest BCUT2D eigenvalue weighted by Gasteiger charge is -2.26. The minimum absolute atomic E-state index is 0.0320. The van der Waals surface area contributed by atoms with E-state index in [9.17, 15) is 15.2 Å². The molecule has 25 heavy (non-hydrogen) atoms. The predicted octanol–water partition coefficient (Wildman–Crippen LogP) is 2.31. The van der Waals surface area contributed by atoms with Crippen molar-refractivity contribution in [2.45, 2.75) is 51.0 Å². The summed E-state index contributed by atoms with van der Waals surface area (Å²) in [5.41, 5.74) is 1.02. The lowest BCUT2D eigenvalue weighted by molar-refractivity contribution is -0.118. The van der Waals surface area contributed by atoms with Gasteiger partial charge in [-0.3, -0.25) is 4.79 Å². The van der Waals surface area contributed by atoms with Crippen LogP contribution in [0, 0.1) is 29.6 Å². The standard InChI is InChI=1S/C19H24N4O2/c1-14-15(10-17(12-21)23(14)2)9-16(11-20)18(24)22-13-19(25)7-5-3-4-6-8-19/h9-10,25H,3-8,13H2,1-2H3,(H,22,24). The second-order valence-electron chi connectivity index (χ2n) is 6.73. The number of nitrogens with zero attached hydrogens (tertiary/aromatic N) is 3. The van der Waals surface area contributed by atoms with Crippen LogP contribution in [0.15, 0.2) is 11.6 Å². The number of carbonyl (C=O) groups excluding carboxylic acids is 1. The fourth-order valence-electron chi connectivity index (χ4n) is 3.18. The second kappa shape index (κ2) is 8.00. The third-order valence-corrected chi connectivity index (χ3v) is 4.97. The zero-order valence-corrected chi connectivity index (χ0v) is 14.8. The van der Waals surface area contributed by atoms with Gasteiger partial charge < -0.3 is 15.0 Å². The monoisotopic (exact) mass is 340 g/mol. The van der Waals surface area contributed by atoms with Gasteiger partial charge in [-0.2, -0.15) is 10.5 Å². The summed E-state index contributed by atoms with van der Waals surface area (Å²) >= 11 is 0. The highest BCUT2D eigenvalue weighted by Gasteiger charge is 2.28. The van der Waals surface area contributed by atoms with Crippen molar-refractivity contribution in [2.75, 3.05) is 6.54 Å². The molecule has 2 rings (SSSR count). The van der Waals surface area contributed by atoms with E-state index in [4.69, 9.17) is 5.26 Å². The van der Waals surface area contributed by atoms with Gasteiger partial charge >= 0.3 is 0 Å². The van der Waals surface area contributed by atoms with E-state index in [0.717, 1.165) is 31.4 Å². The second-order valence-corrected chi connectivity index (χ2v) is 6.73. The van der Waals surface area contributed by atoms with Gasteiger partial charge in [0.1, 0.15) is 23.4 Å². The Hall–Kier alpha value is -2.57. The highest BCUT2D eigenvalue weighted by Crippen LogP contribution is 2.26. The fraction of sp³-hybridized carbons (Fsp3) is 0.526. The first-order chi connectivity index (χ1) is 11.9. The molecule has 1 aliphatic carbocycles. The highest BCUT2D eigenvalue weighted by molar-refractivity contribution is 6.01. The Morgan fingerprint density at radius 2 is 2.00 bits per heavy atom. The van der Waals surface area contributed by atoms with E-state index in [-0.39, 0.29) is 12.1 Å². The summed E-state index contributed by atoms with van der Waals surface area (Å²) in [7, 11) is 1.76. The van der Waals surface area contributed by atoms with Gasteiger partial charge in [0.05, 0.1) is 5.60 Å². The summed E-state index contributed by atoms with van der Waals surface area (Å²) < 4.78 is 1.72. The van der Waals surface area contributed by atoms with E-state index in [2.05, 4.69) is 11.4 Å². The topological polar surface area (TPSA) is 102 Å². The maximum absolute atomic E-state index is 12.3. The SMILES string of the molecule is Cc1c(C=C(C#N)C(=O)NCC2(O)CCCCCC2)cc(C#N)n1C. The molecule has 0 spiro atoms. The van der Waals surface area contributed by atoms with Crippen LogP contribution in [-0.4, -0.2) is 27.7 Å². The molecule has 2 N–H and O–H groups in total. The van der Waals surface area contributed by atoms with Crippen LogP contribution in [0.25, 0.3) is 6.08 Å². The summed E-state index contributed by atoms with van der Waals surface area (Å²) in [6, 6.07) is 5.64. The molecule has 6 nitrogen and oxygen atoms in total. The maximum Gasteiger partial charge on any atom is 0.262 e. The van der Waals surface area contributed by atoms with Crippen molar-refractivity contribution in [2.24, 2.45) is 7.05 Å². The van der Waals surface area contributed by atoms with E-state index >= 15 is 0 Å². The first kappa shape index (κ1) is 18.8. The molecule has 1 amide bonds. The molecule has 1 aliphatic rings. The van der Waals surface area contributed by atoms with Crippen LogP contribution < -0.4 is 5.32 Å². The average Bonchev–Trinajstić information content (AvgIpc) is 2.77. The molecule has 0 aliphatic heterocycles. The number of nitrogens with one attached hydrogen (secondary N) is 1. The zero-order chi connectivity index (χ0) is 18.4. The summed E-state index contributed by atoms with van der Waals surface area (Å²) in [6.45, 7) is 1.98. The summed E-state index contributed by atoms with van der Waals surface area (Å²) in [4.78, 5) is 12.3. The number of nitriles is 2. The predicted molar refractivity (Wildman–Crippen MR) is 94.1 cm³/mol. The Bertz CT molecular complexity index is 754. The Balaban J connectivity index is 2.11. The molecule has 6 heteroatoms. The molecule has 0 unspecified atom stereocenters.